The fourth-order valence-corrected chi connectivity index (χ4v) is 4.47. The van der Waals surface area contributed by atoms with Gasteiger partial charge in [0.2, 0.25) is 5.91 Å². The quantitative estimate of drug-likeness (QED) is 0.794. The number of para-hydroxylation sites is 1. The SMILES string of the molecule is CC1Cc2ccccc2N1C(=O)C1CCCN(Cc2ccc(Cl)cc2)C1. The Kier molecular flexibility index (Phi) is 5.01. The molecule has 136 valence electrons. The van der Waals surface area contributed by atoms with E-state index in [1.165, 1.54) is 11.1 Å². The Morgan fingerprint density at radius 1 is 1.15 bits per heavy atom. The Morgan fingerprint density at radius 3 is 2.73 bits per heavy atom. The first-order valence-electron chi connectivity index (χ1n) is 9.49. The van der Waals surface area contributed by atoms with Crippen molar-refractivity contribution in [2.45, 2.75) is 38.8 Å². The molecule has 0 spiro atoms. The van der Waals surface area contributed by atoms with Gasteiger partial charge in [-0.25, -0.2) is 0 Å². The average Bonchev–Trinajstić information content (AvgIpc) is 2.99. The normalized spacial score (nSPS) is 23.1. The van der Waals surface area contributed by atoms with Crippen molar-refractivity contribution in [3.63, 3.8) is 0 Å². The second-order valence-electron chi connectivity index (χ2n) is 7.59. The van der Waals surface area contributed by atoms with E-state index in [4.69, 9.17) is 11.6 Å². The Morgan fingerprint density at radius 2 is 1.92 bits per heavy atom. The molecule has 2 atom stereocenters. The van der Waals surface area contributed by atoms with Crippen molar-refractivity contribution >= 4 is 23.2 Å². The number of halogens is 1. The second-order valence-corrected chi connectivity index (χ2v) is 8.03. The van der Waals surface area contributed by atoms with Gasteiger partial charge in [0, 0.05) is 29.8 Å². The van der Waals surface area contributed by atoms with Crippen LogP contribution in [0, 0.1) is 5.92 Å². The highest BCUT2D eigenvalue weighted by atomic mass is 35.5. The lowest BCUT2D eigenvalue weighted by Gasteiger charge is -2.35. The van der Waals surface area contributed by atoms with Gasteiger partial charge in [-0.05, 0) is 62.1 Å². The number of hydrogen-bond acceptors (Lipinski definition) is 2. The number of likely N-dealkylation sites (tertiary alicyclic amines) is 1. The van der Waals surface area contributed by atoms with Gasteiger partial charge in [0.15, 0.2) is 0 Å². The highest BCUT2D eigenvalue weighted by Gasteiger charge is 2.36. The van der Waals surface area contributed by atoms with Gasteiger partial charge in [-0.15, -0.1) is 0 Å². The Balaban J connectivity index is 1.46. The van der Waals surface area contributed by atoms with E-state index in [2.05, 4.69) is 42.2 Å². The number of rotatable bonds is 3. The molecule has 2 heterocycles. The minimum Gasteiger partial charge on any atom is -0.309 e. The zero-order chi connectivity index (χ0) is 18.1. The molecule has 0 aliphatic carbocycles. The van der Waals surface area contributed by atoms with Crippen LogP contribution in [-0.4, -0.2) is 29.9 Å². The third-order valence-electron chi connectivity index (χ3n) is 5.62. The molecule has 26 heavy (non-hydrogen) atoms. The van der Waals surface area contributed by atoms with Gasteiger partial charge >= 0.3 is 0 Å². The van der Waals surface area contributed by atoms with Crippen LogP contribution in [0.3, 0.4) is 0 Å². The number of piperidine rings is 1. The standard InChI is InChI=1S/C22H25ClN2O/c1-16-13-18-5-2-3-7-21(18)25(16)22(26)19-6-4-12-24(15-19)14-17-8-10-20(23)11-9-17/h2-3,5,7-11,16,19H,4,6,12-15H2,1H3. The molecule has 4 heteroatoms. The fourth-order valence-electron chi connectivity index (χ4n) is 4.35. The van der Waals surface area contributed by atoms with Gasteiger partial charge in [-0.2, -0.15) is 0 Å². The zero-order valence-electron chi connectivity index (χ0n) is 15.2. The molecular weight excluding hydrogens is 344 g/mol. The Hall–Kier alpha value is -1.84. The van der Waals surface area contributed by atoms with Crippen molar-refractivity contribution in [2.24, 2.45) is 5.92 Å². The summed E-state index contributed by atoms with van der Waals surface area (Å²) in [6.07, 6.45) is 3.03. The van der Waals surface area contributed by atoms with Crippen molar-refractivity contribution in [3.05, 3.63) is 64.7 Å². The van der Waals surface area contributed by atoms with Gasteiger partial charge in [0.1, 0.15) is 0 Å². The Bertz CT molecular complexity index is 789. The van der Waals surface area contributed by atoms with Crippen LogP contribution in [0.2, 0.25) is 5.02 Å². The average molecular weight is 369 g/mol. The molecule has 4 rings (SSSR count). The highest BCUT2D eigenvalue weighted by molar-refractivity contribution is 6.30. The molecule has 1 saturated heterocycles. The van der Waals surface area contributed by atoms with E-state index in [-0.39, 0.29) is 12.0 Å². The van der Waals surface area contributed by atoms with E-state index in [0.717, 1.165) is 49.6 Å². The summed E-state index contributed by atoms with van der Waals surface area (Å²) in [5.41, 5.74) is 3.66. The molecule has 2 unspecified atom stereocenters. The summed E-state index contributed by atoms with van der Waals surface area (Å²) < 4.78 is 0. The third-order valence-corrected chi connectivity index (χ3v) is 5.87. The molecule has 2 aliphatic rings. The molecular formula is C22H25ClN2O. The monoisotopic (exact) mass is 368 g/mol. The van der Waals surface area contributed by atoms with Crippen molar-refractivity contribution < 1.29 is 4.79 Å². The van der Waals surface area contributed by atoms with Crippen molar-refractivity contribution in [3.8, 4) is 0 Å². The fraction of sp³-hybridized carbons (Fsp3) is 0.409. The number of anilines is 1. The van der Waals surface area contributed by atoms with E-state index in [0.29, 0.717) is 5.91 Å². The molecule has 3 nitrogen and oxygen atoms in total. The molecule has 1 amide bonds. The van der Waals surface area contributed by atoms with Crippen LogP contribution < -0.4 is 4.90 Å². The molecule has 0 radical (unpaired) electrons. The summed E-state index contributed by atoms with van der Waals surface area (Å²) in [7, 11) is 0. The van der Waals surface area contributed by atoms with Gasteiger partial charge in [0.25, 0.3) is 0 Å². The van der Waals surface area contributed by atoms with Crippen LogP contribution in [0.4, 0.5) is 5.69 Å². The first-order valence-corrected chi connectivity index (χ1v) is 9.87. The molecule has 0 N–H and O–H groups in total. The third kappa shape index (κ3) is 3.51. The minimum absolute atomic E-state index is 0.0876. The summed E-state index contributed by atoms with van der Waals surface area (Å²) in [6.45, 7) is 4.94. The summed E-state index contributed by atoms with van der Waals surface area (Å²) in [5.74, 6) is 0.382. The number of carbonyl (C=O) groups is 1. The van der Waals surface area contributed by atoms with Crippen molar-refractivity contribution in [1.29, 1.82) is 0 Å². The van der Waals surface area contributed by atoms with Crippen LogP contribution in [-0.2, 0) is 17.8 Å². The summed E-state index contributed by atoms with van der Waals surface area (Å²) >= 11 is 5.98. The van der Waals surface area contributed by atoms with Crippen molar-refractivity contribution in [2.75, 3.05) is 18.0 Å². The molecule has 0 saturated carbocycles. The predicted octanol–water partition coefficient (Wildman–Crippen LogP) is 4.53. The number of hydrogen-bond donors (Lipinski definition) is 0. The largest absolute Gasteiger partial charge is 0.309 e. The lowest BCUT2D eigenvalue weighted by atomic mass is 9.95. The van der Waals surface area contributed by atoms with E-state index < -0.39 is 0 Å². The van der Waals surface area contributed by atoms with Gasteiger partial charge in [-0.1, -0.05) is 41.9 Å². The number of benzene rings is 2. The van der Waals surface area contributed by atoms with E-state index in [1.807, 2.05) is 23.1 Å². The van der Waals surface area contributed by atoms with Crippen molar-refractivity contribution in [1.82, 2.24) is 4.90 Å². The number of carbonyl (C=O) groups excluding carboxylic acids is 1. The van der Waals surface area contributed by atoms with Crippen LogP contribution >= 0.6 is 11.6 Å². The topological polar surface area (TPSA) is 23.6 Å². The minimum atomic E-state index is 0.0876. The summed E-state index contributed by atoms with van der Waals surface area (Å²) in [6, 6.07) is 16.6. The molecule has 0 bridgehead atoms. The maximum absolute atomic E-state index is 13.3. The van der Waals surface area contributed by atoms with Gasteiger partial charge in [0.05, 0.1) is 5.92 Å². The number of fused-ring (bicyclic) bond motifs is 1. The Labute approximate surface area is 160 Å². The number of nitrogens with zero attached hydrogens (tertiary/aromatic N) is 2. The van der Waals surface area contributed by atoms with E-state index in [9.17, 15) is 4.79 Å². The maximum Gasteiger partial charge on any atom is 0.231 e. The second kappa shape index (κ2) is 7.42. The molecule has 1 fully saturated rings. The van der Waals surface area contributed by atoms with Crippen LogP contribution in [0.15, 0.2) is 48.5 Å². The maximum atomic E-state index is 13.3. The summed E-state index contributed by atoms with van der Waals surface area (Å²) in [5, 5.41) is 0.766. The van der Waals surface area contributed by atoms with Crippen LogP contribution in [0.1, 0.15) is 30.9 Å². The van der Waals surface area contributed by atoms with Gasteiger partial charge < -0.3 is 4.90 Å². The number of amides is 1. The smallest absolute Gasteiger partial charge is 0.231 e. The zero-order valence-corrected chi connectivity index (χ0v) is 16.0. The molecule has 2 aromatic rings. The van der Waals surface area contributed by atoms with Crippen LogP contribution in [0.5, 0.6) is 0 Å². The lowest BCUT2D eigenvalue weighted by molar-refractivity contribution is -0.124. The van der Waals surface area contributed by atoms with E-state index in [1.54, 1.807) is 0 Å². The molecule has 0 aromatic heterocycles. The lowest BCUT2D eigenvalue weighted by Crippen LogP contribution is -2.46. The van der Waals surface area contributed by atoms with Crippen LogP contribution in [0.25, 0.3) is 0 Å². The molecule has 2 aromatic carbocycles. The molecule has 2 aliphatic heterocycles. The van der Waals surface area contributed by atoms with E-state index >= 15 is 0 Å². The predicted molar refractivity (Wildman–Crippen MR) is 107 cm³/mol. The first-order chi connectivity index (χ1) is 12.6. The summed E-state index contributed by atoms with van der Waals surface area (Å²) in [4.78, 5) is 17.8. The highest BCUT2D eigenvalue weighted by Crippen LogP contribution is 2.34. The van der Waals surface area contributed by atoms with Gasteiger partial charge in [-0.3, -0.25) is 9.69 Å². The first kappa shape index (κ1) is 17.6.